The molecule has 0 spiro atoms. The predicted octanol–water partition coefficient (Wildman–Crippen LogP) is 0.00460. The number of rotatable bonds is 2. The van der Waals surface area contributed by atoms with E-state index in [0.29, 0.717) is 13.2 Å². The van der Waals surface area contributed by atoms with Gasteiger partial charge in [-0.05, 0) is 12.8 Å². The zero-order valence-corrected chi connectivity index (χ0v) is 8.48. The maximum atomic E-state index is 11.8. The van der Waals surface area contributed by atoms with Crippen LogP contribution in [0.4, 0.5) is 0 Å². The Bertz CT molecular complexity index is 227. The zero-order valence-electron chi connectivity index (χ0n) is 8.48. The van der Waals surface area contributed by atoms with Crippen LogP contribution in [0, 0.1) is 5.92 Å². The number of carbonyl (C=O) groups excluding carboxylic acids is 1. The maximum Gasteiger partial charge on any atom is 0.225 e. The second-order valence-corrected chi connectivity index (χ2v) is 4.25. The molecule has 2 rings (SSSR count). The van der Waals surface area contributed by atoms with E-state index in [4.69, 9.17) is 4.74 Å². The second kappa shape index (κ2) is 3.87. The van der Waals surface area contributed by atoms with Crippen LogP contribution >= 0.6 is 0 Å². The smallest absolute Gasteiger partial charge is 0.225 e. The van der Waals surface area contributed by atoms with Gasteiger partial charge in [0, 0.05) is 13.0 Å². The lowest BCUT2D eigenvalue weighted by Gasteiger charge is -2.33. The van der Waals surface area contributed by atoms with Crippen LogP contribution < -0.4 is 0 Å². The van der Waals surface area contributed by atoms with E-state index in [0.717, 1.165) is 19.3 Å². The van der Waals surface area contributed by atoms with E-state index >= 15 is 0 Å². The van der Waals surface area contributed by atoms with Crippen molar-refractivity contribution in [3.8, 4) is 0 Å². The first-order valence-electron chi connectivity index (χ1n) is 5.22. The van der Waals surface area contributed by atoms with E-state index < -0.39 is 6.10 Å². The molecule has 80 valence electrons. The summed E-state index contributed by atoms with van der Waals surface area (Å²) in [6.07, 6.45) is 2.66. The third-order valence-corrected chi connectivity index (χ3v) is 3.32. The summed E-state index contributed by atoms with van der Waals surface area (Å²) < 4.78 is 5.13. The number of aliphatic hydroxyl groups is 1. The lowest BCUT2D eigenvalue weighted by molar-refractivity contribution is -0.140. The van der Waals surface area contributed by atoms with Crippen LogP contribution in [0.5, 0.6) is 0 Å². The molecule has 1 heterocycles. The molecule has 1 N–H and O–H groups in total. The van der Waals surface area contributed by atoms with E-state index in [1.54, 1.807) is 11.9 Å². The fourth-order valence-electron chi connectivity index (χ4n) is 2.01. The van der Waals surface area contributed by atoms with Crippen molar-refractivity contribution >= 4 is 5.91 Å². The Labute approximate surface area is 83.8 Å². The minimum atomic E-state index is -0.510. The fourth-order valence-corrected chi connectivity index (χ4v) is 2.01. The van der Waals surface area contributed by atoms with Crippen LogP contribution in [0.25, 0.3) is 0 Å². The minimum Gasteiger partial charge on any atom is -0.388 e. The average Bonchev–Trinajstić information content (AvgIpc) is 2.47. The topological polar surface area (TPSA) is 49.8 Å². The molecule has 0 bridgehead atoms. The van der Waals surface area contributed by atoms with Gasteiger partial charge in [-0.3, -0.25) is 4.79 Å². The van der Waals surface area contributed by atoms with Crippen molar-refractivity contribution < 1.29 is 14.6 Å². The molecule has 0 radical (unpaired) electrons. The van der Waals surface area contributed by atoms with Crippen molar-refractivity contribution in [1.29, 1.82) is 0 Å². The minimum absolute atomic E-state index is 0.136. The van der Waals surface area contributed by atoms with Gasteiger partial charge in [-0.2, -0.15) is 0 Å². The van der Waals surface area contributed by atoms with Crippen molar-refractivity contribution in [3.63, 3.8) is 0 Å². The Balaban J connectivity index is 1.92. The molecule has 2 unspecified atom stereocenters. The van der Waals surface area contributed by atoms with Crippen molar-refractivity contribution in [1.82, 2.24) is 4.90 Å². The molecule has 2 atom stereocenters. The molecule has 4 heteroatoms. The number of hydrogen-bond acceptors (Lipinski definition) is 3. The summed E-state index contributed by atoms with van der Waals surface area (Å²) in [7, 11) is 1.77. The second-order valence-electron chi connectivity index (χ2n) is 4.25. The molecule has 1 aliphatic carbocycles. The molecule has 1 saturated carbocycles. The molecular formula is C10H17NO3. The highest BCUT2D eigenvalue weighted by Crippen LogP contribution is 2.29. The first-order chi connectivity index (χ1) is 6.70. The van der Waals surface area contributed by atoms with Crippen LogP contribution in [0.1, 0.15) is 19.3 Å². The number of nitrogens with zero attached hydrogens (tertiary/aromatic N) is 1. The Hall–Kier alpha value is -0.610. The highest BCUT2D eigenvalue weighted by Gasteiger charge is 2.36. The standard InChI is InChI=1S/C10H17NO3/c1-11(8-5-14-6-9(8)12)10(13)7-3-2-4-7/h7-9,12H,2-6H2,1H3. The van der Waals surface area contributed by atoms with Gasteiger partial charge in [-0.1, -0.05) is 6.42 Å². The largest absolute Gasteiger partial charge is 0.388 e. The number of aliphatic hydroxyl groups excluding tert-OH is 1. The summed E-state index contributed by atoms with van der Waals surface area (Å²) in [6.45, 7) is 0.822. The van der Waals surface area contributed by atoms with E-state index in [-0.39, 0.29) is 17.9 Å². The van der Waals surface area contributed by atoms with E-state index in [1.165, 1.54) is 0 Å². The van der Waals surface area contributed by atoms with Crippen molar-refractivity contribution in [2.24, 2.45) is 5.92 Å². The molecule has 2 aliphatic rings. The van der Waals surface area contributed by atoms with Crippen LogP contribution in [0.3, 0.4) is 0 Å². The molecule has 0 aromatic carbocycles. The van der Waals surface area contributed by atoms with E-state index in [1.807, 2.05) is 0 Å². The number of ether oxygens (including phenoxy) is 1. The van der Waals surface area contributed by atoms with Crippen molar-refractivity contribution in [2.45, 2.75) is 31.4 Å². The molecule has 4 nitrogen and oxygen atoms in total. The predicted molar refractivity (Wildman–Crippen MR) is 50.7 cm³/mol. The lowest BCUT2D eigenvalue weighted by Crippen LogP contribution is -2.47. The SMILES string of the molecule is CN(C(=O)C1CCC1)C1COCC1O. The first kappa shape index (κ1) is 9.93. The monoisotopic (exact) mass is 199 g/mol. The maximum absolute atomic E-state index is 11.8. The summed E-state index contributed by atoms with van der Waals surface area (Å²) in [5.74, 6) is 0.374. The van der Waals surface area contributed by atoms with Gasteiger partial charge in [0.05, 0.1) is 25.4 Å². The summed E-state index contributed by atoms with van der Waals surface area (Å²) in [5, 5.41) is 9.56. The lowest BCUT2D eigenvalue weighted by atomic mass is 9.84. The highest BCUT2D eigenvalue weighted by molar-refractivity contribution is 5.79. The summed E-state index contributed by atoms with van der Waals surface area (Å²) in [4.78, 5) is 13.5. The molecule has 14 heavy (non-hydrogen) atoms. The van der Waals surface area contributed by atoms with Crippen molar-refractivity contribution in [3.05, 3.63) is 0 Å². The third-order valence-electron chi connectivity index (χ3n) is 3.32. The van der Waals surface area contributed by atoms with Gasteiger partial charge >= 0.3 is 0 Å². The van der Waals surface area contributed by atoms with Gasteiger partial charge in [0.25, 0.3) is 0 Å². The molecule has 1 aliphatic heterocycles. The molecular weight excluding hydrogens is 182 g/mol. The normalized spacial score (nSPS) is 32.7. The van der Waals surface area contributed by atoms with Gasteiger partial charge in [-0.15, -0.1) is 0 Å². The quantitative estimate of drug-likeness (QED) is 0.681. The fraction of sp³-hybridized carbons (Fsp3) is 0.900. The summed E-state index contributed by atoms with van der Waals surface area (Å²) in [6, 6.07) is -0.136. The van der Waals surface area contributed by atoms with Crippen LogP contribution in [-0.4, -0.2) is 48.3 Å². The van der Waals surface area contributed by atoms with Crippen molar-refractivity contribution in [2.75, 3.05) is 20.3 Å². The Morgan fingerprint density at radius 3 is 2.57 bits per heavy atom. The molecule has 1 saturated heterocycles. The Morgan fingerprint density at radius 1 is 1.43 bits per heavy atom. The zero-order chi connectivity index (χ0) is 10.1. The molecule has 1 amide bonds. The van der Waals surface area contributed by atoms with E-state index in [2.05, 4.69) is 0 Å². The molecule has 2 fully saturated rings. The van der Waals surface area contributed by atoms with Gasteiger partial charge in [0.1, 0.15) is 0 Å². The first-order valence-corrected chi connectivity index (χ1v) is 5.22. The third kappa shape index (κ3) is 1.64. The molecule has 0 aromatic rings. The van der Waals surface area contributed by atoms with Gasteiger partial charge in [-0.25, -0.2) is 0 Å². The number of likely N-dealkylation sites (N-methyl/N-ethyl adjacent to an activating group) is 1. The average molecular weight is 199 g/mol. The Morgan fingerprint density at radius 2 is 2.14 bits per heavy atom. The Kier molecular flexibility index (Phi) is 2.74. The number of amides is 1. The number of hydrogen-bond donors (Lipinski definition) is 1. The van der Waals surface area contributed by atoms with Gasteiger partial charge < -0.3 is 14.7 Å². The molecule has 0 aromatic heterocycles. The number of carbonyl (C=O) groups is 1. The van der Waals surface area contributed by atoms with E-state index in [9.17, 15) is 9.90 Å². The van der Waals surface area contributed by atoms with Gasteiger partial charge in [0.2, 0.25) is 5.91 Å². The van der Waals surface area contributed by atoms with Crippen LogP contribution in [-0.2, 0) is 9.53 Å². The highest BCUT2D eigenvalue weighted by atomic mass is 16.5. The van der Waals surface area contributed by atoms with Gasteiger partial charge in [0.15, 0.2) is 0 Å². The summed E-state index contributed by atoms with van der Waals surface area (Å²) in [5.41, 5.74) is 0. The van der Waals surface area contributed by atoms with Crippen LogP contribution in [0.15, 0.2) is 0 Å². The van der Waals surface area contributed by atoms with Crippen LogP contribution in [0.2, 0.25) is 0 Å². The summed E-state index contributed by atoms with van der Waals surface area (Å²) >= 11 is 0.